The van der Waals surface area contributed by atoms with Gasteiger partial charge in [-0.05, 0) is 42.8 Å². The number of hydrogen-bond acceptors (Lipinski definition) is 3. The van der Waals surface area contributed by atoms with Gasteiger partial charge in [0, 0.05) is 10.7 Å². The van der Waals surface area contributed by atoms with Crippen molar-refractivity contribution in [1.82, 2.24) is 10.3 Å². The Kier molecular flexibility index (Phi) is 5.24. The molecule has 0 fully saturated rings. The van der Waals surface area contributed by atoms with Crippen LogP contribution in [0.5, 0.6) is 0 Å². The van der Waals surface area contributed by atoms with Crippen molar-refractivity contribution >= 4 is 52.4 Å². The number of rotatable bonds is 2. The SMILES string of the molecule is Cc1cc(Cl)nc(Cl)c1C(=O)NC(=O)Nc1ccc(Cl)cc1. The number of carbonyl (C=O) groups is 2. The van der Waals surface area contributed by atoms with Crippen LogP contribution in [0.4, 0.5) is 10.5 Å². The van der Waals surface area contributed by atoms with Crippen LogP contribution in [0.2, 0.25) is 15.3 Å². The van der Waals surface area contributed by atoms with Crippen LogP contribution < -0.4 is 10.6 Å². The van der Waals surface area contributed by atoms with Crippen LogP contribution in [-0.2, 0) is 0 Å². The first kappa shape index (κ1) is 16.5. The zero-order valence-electron chi connectivity index (χ0n) is 11.3. The van der Waals surface area contributed by atoms with E-state index in [2.05, 4.69) is 15.6 Å². The van der Waals surface area contributed by atoms with Gasteiger partial charge in [-0.1, -0.05) is 34.8 Å². The maximum absolute atomic E-state index is 12.1. The Morgan fingerprint density at radius 1 is 1.09 bits per heavy atom. The lowest BCUT2D eigenvalue weighted by molar-refractivity contribution is 0.0966. The Morgan fingerprint density at radius 2 is 1.73 bits per heavy atom. The molecule has 0 bridgehead atoms. The van der Waals surface area contributed by atoms with Crippen LogP contribution in [0, 0.1) is 6.92 Å². The molecule has 0 aliphatic carbocycles. The minimum absolute atomic E-state index is 0.0678. The normalized spacial score (nSPS) is 10.2. The second kappa shape index (κ2) is 6.96. The summed E-state index contributed by atoms with van der Waals surface area (Å²) in [5, 5.41) is 5.31. The Hall–Kier alpha value is -1.82. The number of benzene rings is 1. The molecule has 2 N–H and O–H groups in total. The molecule has 0 spiro atoms. The van der Waals surface area contributed by atoms with Gasteiger partial charge < -0.3 is 5.32 Å². The van der Waals surface area contributed by atoms with Gasteiger partial charge in [-0.3, -0.25) is 10.1 Å². The predicted molar refractivity (Wildman–Crippen MR) is 86.9 cm³/mol. The van der Waals surface area contributed by atoms with Gasteiger partial charge >= 0.3 is 6.03 Å². The number of nitrogens with zero attached hydrogens (tertiary/aromatic N) is 1. The molecule has 0 aliphatic heterocycles. The van der Waals surface area contributed by atoms with E-state index >= 15 is 0 Å². The zero-order chi connectivity index (χ0) is 16.3. The molecule has 1 aromatic carbocycles. The van der Waals surface area contributed by atoms with Crippen molar-refractivity contribution in [1.29, 1.82) is 0 Å². The van der Waals surface area contributed by atoms with Crippen molar-refractivity contribution in [2.75, 3.05) is 5.32 Å². The zero-order valence-corrected chi connectivity index (χ0v) is 13.6. The van der Waals surface area contributed by atoms with Crippen molar-refractivity contribution in [2.45, 2.75) is 6.92 Å². The maximum Gasteiger partial charge on any atom is 0.326 e. The highest BCUT2D eigenvalue weighted by atomic mass is 35.5. The number of imide groups is 1. The molecule has 0 atom stereocenters. The van der Waals surface area contributed by atoms with E-state index in [1.807, 2.05) is 0 Å². The Labute approximate surface area is 141 Å². The smallest absolute Gasteiger partial charge is 0.308 e. The van der Waals surface area contributed by atoms with Gasteiger partial charge in [-0.2, -0.15) is 0 Å². The molecular formula is C14H10Cl3N3O2. The molecule has 2 rings (SSSR count). The first-order chi connectivity index (χ1) is 10.4. The highest BCUT2D eigenvalue weighted by Gasteiger charge is 2.18. The van der Waals surface area contributed by atoms with Gasteiger partial charge in [0.25, 0.3) is 5.91 Å². The van der Waals surface area contributed by atoms with Crippen molar-refractivity contribution in [3.63, 3.8) is 0 Å². The van der Waals surface area contributed by atoms with E-state index in [4.69, 9.17) is 34.8 Å². The first-order valence-corrected chi connectivity index (χ1v) is 7.21. The van der Waals surface area contributed by atoms with E-state index in [1.165, 1.54) is 6.07 Å². The molecular weight excluding hydrogens is 349 g/mol. The van der Waals surface area contributed by atoms with Crippen molar-refractivity contribution in [3.05, 3.63) is 56.8 Å². The Balaban J connectivity index is 2.09. The number of amides is 3. The van der Waals surface area contributed by atoms with Crippen LogP contribution in [0.3, 0.4) is 0 Å². The largest absolute Gasteiger partial charge is 0.326 e. The van der Waals surface area contributed by atoms with E-state index < -0.39 is 11.9 Å². The lowest BCUT2D eigenvalue weighted by Gasteiger charge is -2.09. The molecule has 8 heteroatoms. The quantitative estimate of drug-likeness (QED) is 0.786. The summed E-state index contributed by atoms with van der Waals surface area (Å²) in [6.07, 6.45) is 0. The fourth-order valence-corrected chi connectivity index (χ4v) is 2.47. The highest BCUT2D eigenvalue weighted by molar-refractivity contribution is 6.35. The molecule has 1 aromatic heterocycles. The minimum Gasteiger partial charge on any atom is -0.308 e. The van der Waals surface area contributed by atoms with Crippen LogP contribution in [-0.4, -0.2) is 16.9 Å². The third-order valence-corrected chi connectivity index (χ3v) is 3.42. The van der Waals surface area contributed by atoms with Crippen molar-refractivity contribution in [2.24, 2.45) is 0 Å². The van der Waals surface area contributed by atoms with Gasteiger partial charge in [0.05, 0.1) is 5.56 Å². The minimum atomic E-state index is -0.697. The molecule has 0 saturated carbocycles. The summed E-state index contributed by atoms with van der Waals surface area (Å²) < 4.78 is 0. The fourth-order valence-electron chi connectivity index (χ4n) is 1.73. The summed E-state index contributed by atoms with van der Waals surface area (Å²) in [7, 11) is 0. The van der Waals surface area contributed by atoms with Crippen LogP contribution in [0.25, 0.3) is 0 Å². The van der Waals surface area contributed by atoms with Crippen molar-refractivity contribution < 1.29 is 9.59 Å². The molecule has 3 amide bonds. The number of aromatic nitrogens is 1. The summed E-state index contributed by atoms with van der Waals surface area (Å²) in [4.78, 5) is 27.7. The molecule has 0 unspecified atom stereocenters. The number of aryl methyl sites for hydroxylation is 1. The first-order valence-electron chi connectivity index (χ1n) is 6.07. The number of carbonyl (C=O) groups excluding carboxylic acids is 2. The number of hydrogen-bond donors (Lipinski definition) is 2. The van der Waals surface area contributed by atoms with Gasteiger partial charge in [0.1, 0.15) is 10.3 Å². The molecule has 0 radical (unpaired) electrons. The molecule has 22 heavy (non-hydrogen) atoms. The van der Waals surface area contributed by atoms with Crippen LogP contribution >= 0.6 is 34.8 Å². The Morgan fingerprint density at radius 3 is 2.32 bits per heavy atom. The van der Waals surface area contributed by atoms with Gasteiger partial charge in [0.15, 0.2) is 0 Å². The maximum atomic E-state index is 12.1. The summed E-state index contributed by atoms with van der Waals surface area (Å²) in [6, 6.07) is 7.23. The molecule has 2 aromatic rings. The third-order valence-electron chi connectivity index (χ3n) is 2.70. The monoisotopic (exact) mass is 357 g/mol. The van der Waals surface area contributed by atoms with Crippen LogP contribution in [0.15, 0.2) is 30.3 Å². The molecule has 5 nitrogen and oxygen atoms in total. The van der Waals surface area contributed by atoms with Gasteiger partial charge in [0.2, 0.25) is 0 Å². The number of urea groups is 1. The second-order valence-electron chi connectivity index (χ2n) is 4.34. The van der Waals surface area contributed by atoms with E-state index in [0.717, 1.165) is 0 Å². The van der Waals surface area contributed by atoms with E-state index in [9.17, 15) is 9.59 Å². The number of pyridine rings is 1. The van der Waals surface area contributed by atoms with E-state index in [-0.39, 0.29) is 15.9 Å². The summed E-state index contributed by atoms with van der Waals surface area (Å²) in [5.41, 5.74) is 1.10. The van der Waals surface area contributed by atoms with E-state index in [0.29, 0.717) is 16.3 Å². The fraction of sp³-hybridized carbons (Fsp3) is 0.0714. The number of halogens is 3. The highest BCUT2D eigenvalue weighted by Crippen LogP contribution is 2.21. The van der Waals surface area contributed by atoms with Crippen molar-refractivity contribution in [3.8, 4) is 0 Å². The van der Waals surface area contributed by atoms with Gasteiger partial charge in [-0.15, -0.1) is 0 Å². The topological polar surface area (TPSA) is 71.1 Å². The predicted octanol–water partition coefficient (Wildman–Crippen LogP) is 4.31. The summed E-state index contributed by atoms with van der Waals surface area (Å²) >= 11 is 17.4. The lowest BCUT2D eigenvalue weighted by Crippen LogP contribution is -2.35. The third kappa shape index (κ3) is 4.10. The summed E-state index contributed by atoms with van der Waals surface area (Å²) in [5.74, 6) is -0.668. The lowest BCUT2D eigenvalue weighted by atomic mass is 10.1. The molecule has 0 saturated heterocycles. The average molecular weight is 359 g/mol. The molecule has 1 heterocycles. The van der Waals surface area contributed by atoms with Crippen LogP contribution in [0.1, 0.15) is 15.9 Å². The summed E-state index contributed by atoms with van der Waals surface area (Å²) in [6.45, 7) is 1.64. The van der Waals surface area contributed by atoms with Gasteiger partial charge in [-0.25, -0.2) is 9.78 Å². The average Bonchev–Trinajstić information content (AvgIpc) is 2.40. The second-order valence-corrected chi connectivity index (χ2v) is 5.52. The molecule has 0 aliphatic rings. The number of anilines is 1. The Bertz CT molecular complexity index is 710. The van der Waals surface area contributed by atoms with E-state index in [1.54, 1.807) is 31.2 Å². The molecule has 114 valence electrons. The standard InChI is InChI=1S/C14H10Cl3N3O2/c1-7-6-10(16)19-12(17)11(7)13(21)20-14(22)18-9-4-2-8(15)3-5-9/h2-6H,1H3,(H2,18,20,21,22). The number of nitrogens with one attached hydrogen (secondary N) is 2.